The van der Waals surface area contributed by atoms with Gasteiger partial charge in [0.25, 0.3) is 0 Å². The molecule has 3 heteroatoms. The Morgan fingerprint density at radius 1 is 1.11 bits per heavy atom. The topological polar surface area (TPSA) is 38.3 Å². The van der Waals surface area contributed by atoms with Crippen molar-refractivity contribution in [2.75, 3.05) is 7.11 Å². The first kappa shape index (κ1) is 15.5. The Bertz CT molecular complexity index is 247. The Kier molecular flexibility index (Phi) is 6.69. The van der Waals surface area contributed by atoms with Gasteiger partial charge in [0.15, 0.2) is 0 Å². The number of esters is 1. The van der Waals surface area contributed by atoms with Gasteiger partial charge in [-0.15, -0.1) is 0 Å². The summed E-state index contributed by atoms with van der Waals surface area (Å²) in [5, 5.41) is 3.59. The van der Waals surface area contributed by atoms with Crippen molar-refractivity contribution in [3.05, 3.63) is 0 Å². The van der Waals surface area contributed by atoms with Crippen LogP contribution in [-0.4, -0.2) is 25.2 Å². The van der Waals surface area contributed by atoms with Gasteiger partial charge in [0.05, 0.1) is 13.0 Å². The molecule has 1 saturated carbocycles. The maximum atomic E-state index is 11.5. The summed E-state index contributed by atoms with van der Waals surface area (Å²) in [6.07, 6.45) is 8.14. The molecule has 0 aromatic carbocycles. The summed E-state index contributed by atoms with van der Waals surface area (Å²) < 4.78 is 4.80. The van der Waals surface area contributed by atoms with Crippen LogP contribution in [0, 0.1) is 11.8 Å². The molecule has 0 aliphatic heterocycles. The van der Waals surface area contributed by atoms with E-state index in [2.05, 4.69) is 19.2 Å². The van der Waals surface area contributed by atoms with Gasteiger partial charge in [-0.2, -0.15) is 0 Å². The van der Waals surface area contributed by atoms with Gasteiger partial charge in [0.1, 0.15) is 0 Å². The van der Waals surface area contributed by atoms with E-state index in [4.69, 9.17) is 4.74 Å². The molecule has 0 saturated heterocycles. The third-order valence-corrected chi connectivity index (χ3v) is 4.46. The highest BCUT2D eigenvalue weighted by atomic mass is 16.5. The normalized spacial score (nSPS) is 22.9. The molecule has 0 heterocycles. The molecule has 1 aliphatic rings. The second-order valence-corrected chi connectivity index (χ2v) is 5.81. The van der Waals surface area contributed by atoms with E-state index in [0.717, 1.165) is 5.92 Å². The molecule has 18 heavy (non-hydrogen) atoms. The average Bonchev–Trinajstić information content (AvgIpc) is 2.65. The van der Waals surface area contributed by atoms with Crippen molar-refractivity contribution in [3.63, 3.8) is 0 Å². The summed E-state index contributed by atoms with van der Waals surface area (Å²) in [4.78, 5) is 11.5. The Morgan fingerprint density at radius 2 is 1.67 bits per heavy atom. The van der Waals surface area contributed by atoms with Crippen molar-refractivity contribution in [1.29, 1.82) is 0 Å². The van der Waals surface area contributed by atoms with Gasteiger partial charge < -0.3 is 10.1 Å². The summed E-state index contributed by atoms with van der Waals surface area (Å²) in [7, 11) is 1.46. The number of hydrogen-bond acceptors (Lipinski definition) is 3. The number of ether oxygens (including phenoxy) is 1. The van der Waals surface area contributed by atoms with Crippen LogP contribution in [0.15, 0.2) is 0 Å². The van der Waals surface area contributed by atoms with Crippen LogP contribution in [0.3, 0.4) is 0 Å². The quantitative estimate of drug-likeness (QED) is 0.606. The molecule has 0 radical (unpaired) electrons. The predicted molar refractivity (Wildman–Crippen MR) is 74.4 cm³/mol. The molecule has 0 bridgehead atoms. The van der Waals surface area contributed by atoms with Gasteiger partial charge in [-0.3, -0.25) is 4.79 Å². The molecule has 1 N–H and O–H groups in total. The van der Waals surface area contributed by atoms with Gasteiger partial charge in [-0.05, 0) is 32.6 Å². The SMILES string of the molecule is COC(=O)C(C)C(C)N[C@@H](C)C1CCCCCC1. The maximum Gasteiger partial charge on any atom is 0.309 e. The first-order chi connectivity index (χ1) is 8.56. The Balaban J connectivity index is 2.42. The van der Waals surface area contributed by atoms with Crippen molar-refractivity contribution in [2.45, 2.75) is 71.4 Å². The molecule has 3 nitrogen and oxygen atoms in total. The molecular weight excluding hydrogens is 226 g/mol. The van der Waals surface area contributed by atoms with Gasteiger partial charge in [-0.1, -0.05) is 32.6 Å². The Hall–Kier alpha value is -0.570. The van der Waals surface area contributed by atoms with E-state index in [1.54, 1.807) is 0 Å². The monoisotopic (exact) mass is 255 g/mol. The third-order valence-electron chi connectivity index (χ3n) is 4.46. The largest absolute Gasteiger partial charge is 0.469 e. The minimum atomic E-state index is -0.122. The highest BCUT2D eigenvalue weighted by Crippen LogP contribution is 2.26. The number of rotatable bonds is 5. The number of methoxy groups -OCH3 is 1. The number of carbonyl (C=O) groups excluding carboxylic acids is 1. The molecule has 1 rings (SSSR count). The Morgan fingerprint density at radius 3 is 2.17 bits per heavy atom. The molecule has 3 atom stereocenters. The van der Waals surface area contributed by atoms with E-state index in [-0.39, 0.29) is 17.9 Å². The van der Waals surface area contributed by atoms with Crippen molar-refractivity contribution in [3.8, 4) is 0 Å². The zero-order valence-corrected chi connectivity index (χ0v) is 12.4. The highest BCUT2D eigenvalue weighted by Gasteiger charge is 2.25. The van der Waals surface area contributed by atoms with Crippen LogP contribution < -0.4 is 5.32 Å². The fourth-order valence-electron chi connectivity index (χ4n) is 2.90. The van der Waals surface area contributed by atoms with E-state index in [9.17, 15) is 4.79 Å². The van der Waals surface area contributed by atoms with Crippen LogP contribution >= 0.6 is 0 Å². The van der Waals surface area contributed by atoms with E-state index in [0.29, 0.717) is 6.04 Å². The maximum absolute atomic E-state index is 11.5. The molecule has 1 aliphatic carbocycles. The lowest BCUT2D eigenvalue weighted by Crippen LogP contribution is -2.44. The van der Waals surface area contributed by atoms with Crippen molar-refractivity contribution >= 4 is 5.97 Å². The molecule has 0 spiro atoms. The van der Waals surface area contributed by atoms with E-state index >= 15 is 0 Å². The van der Waals surface area contributed by atoms with E-state index in [1.165, 1.54) is 45.6 Å². The van der Waals surface area contributed by atoms with Crippen molar-refractivity contribution < 1.29 is 9.53 Å². The van der Waals surface area contributed by atoms with Crippen LogP contribution in [-0.2, 0) is 9.53 Å². The van der Waals surface area contributed by atoms with Crippen LogP contribution in [0.25, 0.3) is 0 Å². The molecular formula is C15H29NO2. The fourth-order valence-corrected chi connectivity index (χ4v) is 2.90. The minimum absolute atomic E-state index is 0.0803. The number of carbonyl (C=O) groups is 1. The number of hydrogen-bond donors (Lipinski definition) is 1. The second-order valence-electron chi connectivity index (χ2n) is 5.81. The van der Waals surface area contributed by atoms with Crippen molar-refractivity contribution in [1.82, 2.24) is 5.32 Å². The van der Waals surface area contributed by atoms with Crippen LogP contribution in [0.4, 0.5) is 0 Å². The zero-order chi connectivity index (χ0) is 13.5. The summed E-state index contributed by atoms with van der Waals surface area (Å²) in [5.74, 6) is 0.561. The molecule has 1 fully saturated rings. The average molecular weight is 255 g/mol. The van der Waals surface area contributed by atoms with Crippen molar-refractivity contribution in [2.24, 2.45) is 11.8 Å². The van der Waals surface area contributed by atoms with Gasteiger partial charge in [0, 0.05) is 12.1 Å². The number of nitrogens with one attached hydrogen (secondary N) is 1. The van der Waals surface area contributed by atoms with E-state index in [1.807, 2.05) is 6.92 Å². The van der Waals surface area contributed by atoms with E-state index < -0.39 is 0 Å². The summed E-state index contributed by atoms with van der Waals surface area (Å²) in [6, 6.07) is 0.668. The lowest BCUT2D eigenvalue weighted by atomic mass is 9.91. The first-order valence-corrected chi connectivity index (χ1v) is 7.40. The summed E-state index contributed by atoms with van der Waals surface area (Å²) in [5.41, 5.74) is 0. The Labute approximate surface area is 112 Å². The van der Waals surface area contributed by atoms with Gasteiger partial charge in [-0.25, -0.2) is 0 Å². The third kappa shape index (κ3) is 4.60. The van der Waals surface area contributed by atoms with Gasteiger partial charge >= 0.3 is 5.97 Å². The predicted octanol–water partition coefficient (Wildman–Crippen LogP) is 3.13. The van der Waals surface area contributed by atoms with Crippen LogP contribution in [0.1, 0.15) is 59.3 Å². The summed E-state index contributed by atoms with van der Waals surface area (Å²) >= 11 is 0. The molecule has 2 unspecified atom stereocenters. The molecule has 0 aromatic heterocycles. The highest BCUT2D eigenvalue weighted by molar-refractivity contribution is 5.72. The second kappa shape index (κ2) is 7.78. The zero-order valence-electron chi connectivity index (χ0n) is 12.4. The van der Waals surface area contributed by atoms with Gasteiger partial charge in [0.2, 0.25) is 0 Å². The summed E-state index contributed by atoms with van der Waals surface area (Å²) in [6.45, 7) is 6.27. The standard InChI is InChI=1S/C15H29NO2/c1-11(15(17)18-4)12(2)16-13(3)14-9-7-5-6-8-10-14/h11-14,16H,5-10H2,1-4H3/t11?,12?,13-/m0/s1. The lowest BCUT2D eigenvalue weighted by molar-refractivity contribution is -0.145. The first-order valence-electron chi connectivity index (χ1n) is 7.40. The fraction of sp³-hybridized carbons (Fsp3) is 0.933. The molecule has 0 amide bonds. The van der Waals surface area contributed by atoms with Crippen LogP contribution in [0.2, 0.25) is 0 Å². The lowest BCUT2D eigenvalue weighted by Gasteiger charge is -2.29. The smallest absolute Gasteiger partial charge is 0.309 e. The van der Waals surface area contributed by atoms with Crippen LogP contribution in [0.5, 0.6) is 0 Å². The molecule has 0 aromatic rings. The minimum Gasteiger partial charge on any atom is -0.469 e. The molecule has 106 valence electrons.